The van der Waals surface area contributed by atoms with Crippen molar-refractivity contribution in [2.24, 2.45) is 0 Å². The van der Waals surface area contributed by atoms with Crippen LogP contribution in [0.3, 0.4) is 0 Å². The van der Waals surface area contributed by atoms with E-state index >= 15 is 0 Å². The number of nitrogens with one attached hydrogen (secondary N) is 1. The van der Waals surface area contributed by atoms with Gasteiger partial charge in [0.2, 0.25) is 0 Å². The van der Waals surface area contributed by atoms with Crippen LogP contribution in [0, 0.1) is 0 Å². The molecule has 0 saturated heterocycles. The van der Waals surface area contributed by atoms with Crippen LogP contribution in [0.15, 0.2) is 22.3 Å². The zero-order valence-electron chi connectivity index (χ0n) is 19.0. The third kappa shape index (κ3) is 11.9. The Hall–Kier alpha value is -0.451. The summed E-state index contributed by atoms with van der Waals surface area (Å²) in [5, 5.41) is 3.07. The Morgan fingerprint density at radius 3 is 1.85 bits per heavy atom. The van der Waals surface area contributed by atoms with Crippen LogP contribution < -0.4 is 5.32 Å². The molecule has 0 aromatic rings. The van der Waals surface area contributed by atoms with Crippen molar-refractivity contribution in [2.45, 2.75) is 105 Å². The fraction of sp³-hybridized carbons (Fsp3) is 0.783. The van der Waals surface area contributed by atoms with Crippen molar-refractivity contribution in [1.29, 1.82) is 0 Å². The molecule has 0 atom stereocenters. The summed E-state index contributed by atoms with van der Waals surface area (Å²) in [6.07, 6.45) is 12.7. The summed E-state index contributed by atoms with van der Waals surface area (Å²) in [5.41, 5.74) is -0.456. The van der Waals surface area contributed by atoms with Gasteiger partial charge in [-0.3, -0.25) is 0 Å². The molecule has 0 spiro atoms. The second-order valence-corrected chi connectivity index (χ2v) is 22.1. The normalized spacial score (nSPS) is 12.7. The first-order chi connectivity index (χ1) is 12.7. The molecular formula is C23H45NO2Sn. The summed E-state index contributed by atoms with van der Waals surface area (Å²) in [5.74, 6) is 0. The van der Waals surface area contributed by atoms with Gasteiger partial charge in [-0.25, -0.2) is 0 Å². The van der Waals surface area contributed by atoms with Crippen LogP contribution in [0.2, 0.25) is 13.3 Å². The number of unbranched alkanes of at least 4 members (excludes halogenated alkanes) is 3. The standard InChI is InChI=1S/C11H18NO2.3C4H9.Sn/c1-5-6-7-8-9-12-10(13)14-11(2,3)4;3*1-3-4-2;/h5,7H,1,6,9H2,2-4H3,(H,12,13);3*1,3-4H2,2H3;. The van der Waals surface area contributed by atoms with E-state index in [1.165, 1.54) is 51.8 Å². The Kier molecular flexibility index (Phi) is 14.3. The average molecular weight is 486 g/mol. The predicted octanol–water partition coefficient (Wildman–Crippen LogP) is 7.40. The van der Waals surface area contributed by atoms with Gasteiger partial charge in [0.1, 0.15) is 0 Å². The maximum atomic E-state index is 12.2. The van der Waals surface area contributed by atoms with E-state index in [2.05, 4.69) is 38.7 Å². The molecule has 0 heterocycles. The van der Waals surface area contributed by atoms with E-state index in [1.807, 2.05) is 26.8 Å². The maximum absolute atomic E-state index is 12.2. The molecule has 4 heteroatoms. The van der Waals surface area contributed by atoms with E-state index in [4.69, 9.17) is 4.74 Å². The molecule has 0 rings (SSSR count). The summed E-state index contributed by atoms with van der Waals surface area (Å²) >= 11 is -2.52. The number of rotatable bonds is 14. The molecule has 158 valence electrons. The van der Waals surface area contributed by atoms with E-state index in [0.29, 0.717) is 6.54 Å². The minimum absolute atomic E-state index is 0.298. The number of hydrogen-bond acceptors (Lipinski definition) is 2. The first-order valence-corrected chi connectivity index (χ1v) is 18.5. The molecule has 0 aliphatic carbocycles. The molecule has 0 unspecified atom stereocenters. The zero-order chi connectivity index (χ0) is 20.8. The number of carbonyl (C=O) groups is 1. The fourth-order valence-electron chi connectivity index (χ4n) is 3.59. The second kappa shape index (κ2) is 14.5. The molecule has 0 saturated carbocycles. The quantitative estimate of drug-likeness (QED) is 0.205. The monoisotopic (exact) mass is 487 g/mol. The molecule has 0 aliphatic heterocycles. The third-order valence-electron chi connectivity index (χ3n) is 5.06. The van der Waals surface area contributed by atoms with Crippen molar-refractivity contribution in [3.8, 4) is 0 Å². The molecule has 0 aromatic heterocycles. The molecule has 0 bridgehead atoms. The van der Waals surface area contributed by atoms with Crippen LogP contribution in [0.5, 0.6) is 0 Å². The van der Waals surface area contributed by atoms with Crippen molar-refractivity contribution >= 4 is 24.5 Å². The molecule has 0 aliphatic rings. The minimum atomic E-state index is -2.52. The summed E-state index contributed by atoms with van der Waals surface area (Å²) in [6, 6.07) is 0. The summed E-state index contributed by atoms with van der Waals surface area (Å²) in [4.78, 5) is 12.2. The van der Waals surface area contributed by atoms with Crippen molar-refractivity contribution < 1.29 is 9.53 Å². The molecule has 0 radical (unpaired) electrons. The van der Waals surface area contributed by atoms with Gasteiger partial charge < -0.3 is 0 Å². The van der Waals surface area contributed by atoms with Gasteiger partial charge in [0.05, 0.1) is 0 Å². The van der Waals surface area contributed by atoms with Gasteiger partial charge in [-0.05, 0) is 0 Å². The second-order valence-electron chi connectivity index (χ2n) is 8.70. The van der Waals surface area contributed by atoms with E-state index in [0.717, 1.165) is 6.42 Å². The van der Waals surface area contributed by atoms with E-state index in [9.17, 15) is 4.79 Å². The van der Waals surface area contributed by atoms with Crippen LogP contribution in [-0.4, -0.2) is 36.6 Å². The number of carbonyl (C=O) groups excluding carboxylic acids is 1. The Morgan fingerprint density at radius 1 is 1.00 bits per heavy atom. The third-order valence-corrected chi connectivity index (χ3v) is 21.3. The van der Waals surface area contributed by atoms with Crippen molar-refractivity contribution in [3.05, 3.63) is 22.3 Å². The number of amides is 1. The Bertz CT molecular complexity index is 430. The molecular weight excluding hydrogens is 441 g/mol. The van der Waals surface area contributed by atoms with Gasteiger partial charge in [-0.2, -0.15) is 0 Å². The van der Waals surface area contributed by atoms with Crippen molar-refractivity contribution in [2.75, 3.05) is 6.54 Å². The van der Waals surface area contributed by atoms with Gasteiger partial charge in [0, 0.05) is 0 Å². The summed E-state index contributed by atoms with van der Waals surface area (Å²) in [7, 11) is 0. The number of allylic oxidation sites excluding steroid dienone is 2. The van der Waals surface area contributed by atoms with Gasteiger partial charge in [-0.15, -0.1) is 0 Å². The Balaban J connectivity index is 5.54. The van der Waals surface area contributed by atoms with Crippen LogP contribution in [0.1, 0.15) is 86.5 Å². The first-order valence-electron chi connectivity index (χ1n) is 11.0. The van der Waals surface area contributed by atoms with Crippen LogP contribution >= 0.6 is 0 Å². The van der Waals surface area contributed by atoms with Gasteiger partial charge in [0.15, 0.2) is 0 Å². The topological polar surface area (TPSA) is 38.3 Å². The number of ether oxygens (including phenoxy) is 1. The molecule has 0 aromatic carbocycles. The fourth-order valence-corrected chi connectivity index (χ4v) is 20.2. The van der Waals surface area contributed by atoms with Gasteiger partial charge in [-0.1, -0.05) is 0 Å². The molecule has 1 N–H and O–H groups in total. The van der Waals surface area contributed by atoms with Gasteiger partial charge >= 0.3 is 174 Å². The van der Waals surface area contributed by atoms with Crippen LogP contribution in [-0.2, 0) is 4.74 Å². The Labute approximate surface area is 173 Å². The number of hydrogen-bond donors (Lipinski definition) is 1. The first kappa shape index (κ1) is 26.5. The molecule has 3 nitrogen and oxygen atoms in total. The molecule has 27 heavy (non-hydrogen) atoms. The Morgan fingerprint density at radius 2 is 1.48 bits per heavy atom. The zero-order valence-corrected chi connectivity index (χ0v) is 21.8. The summed E-state index contributed by atoms with van der Waals surface area (Å²) in [6.45, 7) is 17.2. The van der Waals surface area contributed by atoms with Crippen LogP contribution in [0.25, 0.3) is 0 Å². The SMILES string of the molecule is C=CC/C=[C](/CNC(=O)OC(C)(C)C)[Sn]([CH2]CCC)([CH2]CCC)[CH2]CCC. The predicted molar refractivity (Wildman–Crippen MR) is 122 cm³/mol. The number of alkyl carbamates (subject to hydrolysis) is 1. The van der Waals surface area contributed by atoms with Crippen molar-refractivity contribution in [3.63, 3.8) is 0 Å². The van der Waals surface area contributed by atoms with E-state index < -0.39 is 24.0 Å². The molecule has 1 amide bonds. The van der Waals surface area contributed by atoms with E-state index in [-0.39, 0.29) is 6.09 Å². The molecule has 0 fully saturated rings. The van der Waals surface area contributed by atoms with Gasteiger partial charge in [0.25, 0.3) is 0 Å². The average Bonchev–Trinajstić information content (AvgIpc) is 2.60. The summed E-state index contributed by atoms with van der Waals surface area (Å²) < 4.78 is 11.3. The van der Waals surface area contributed by atoms with Crippen molar-refractivity contribution in [1.82, 2.24) is 5.32 Å². The van der Waals surface area contributed by atoms with Crippen LogP contribution in [0.4, 0.5) is 4.79 Å². The van der Waals surface area contributed by atoms with E-state index in [1.54, 1.807) is 3.59 Å².